The van der Waals surface area contributed by atoms with E-state index in [0.717, 1.165) is 6.07 Å². The highest BCUT2D eigenvalue weighted by molar-refractivity contribution is 6.31. The number of anilines is 1. The molecule has 1 fully saturated rings. The summed E-state index contributed by atoms with van der Waals surface area (Å²) >= 11 is 6.23. The molecule has 2 aromatic carbocycles. The van der Waals surface area contributed by atoms with Gasteiger partial charge in [0.2, 0.25) is 5.91 Å². The molecule has 1 aliphatic heterocycles. The minimum absolute atomic E-state index is 0.0169. The van der Waals surface area contributed by atoms with Gasteiger partial charge in [0, 0.05) is 23.7 Å². The van der Waals surface area contributed by atoms with Crippen LogP contribution < -0.4 is 4.90 Å². The van der Waals surface area contributed by atoms with Crippen molar-refractivity contribution in [2.24, 2.45) is 0 Å². The van der Waals surface area contributed by atoms with Gasteiger partial charge in [-0.25, -0.2) is 0 Å². The first-order valence-electron chi connectivity index (χ1n) is 11.8. The Bertz CT molecular complexity index is 1260. The van der Waals surface area contributed by atoms with Gasteiger partial charge in [-0.3, -0.25) is 9.59 Å². The van der Waals surface area contributed by atoms with Crippen molar-refractivity contribution in [2.45, 2.75) is 69.6 Å². The number of rotatable bonds is 5. The Morgan fingerprint density at radius 1 is 0.925 bits per heavy atom. The van der Waals surface area contributed by atoms with Gasteiger partial charge in [0.25, 0.3) is 0 Å². The van der Waals surface area contributed by atoms with Crippen LogP contribution >= 0.6 is 11.6 Å². The second kappa shape index (κ2) is 10.5. The molecule has 0 aromatic heterocycles. The third-order valence-electron chi connectivity index (χ3n) is 6.25. The van der Waals surface area contributed by atoms with E-state index in [1.165, 1.54) is 12.1 Å². The van der Waals surface area contributed by atoms with Crippen LogP contribution in [0.1, 0.15) is 55.9 Å². The Kier molecular flexibility index (Phi) is 8.25. The summed E-state index contributed by atoms with van der Waals surface area (Å²) in [5.74, 6) is -2.28. The van der Waals surface area contributed by atoms with Crippen LogP contribution in [0, 0.1) is 0 Å². The summed E-state index contributed by atoms with van der Waals surface area (Å²) in [6, 6.07) is 3.28. The lowest BCUT2D eigenvalue weighted by Gasteiger charge is -2.32. The molecule has 0 N–H and O–H groups in total. The van der Waals surface area contributed by atoms with Gasteiger partial charge in [0.15, 0.2) is 5.41 Å². The summed E-state index contributed by atoms with van der Waals surface area (Å²) in [6.07, 6.45) is -17.5. The molecular formula is C26H23ClF9NO3. The molecule has 4 nitrogen and oxygen atoms in total. The SMILES string of the molecule is CC(C)(C)OC(=O)CCc1ccc(N2CCC(c3cc(C(F)(F)F)cc(C(F)(F)F)c3)(C(F)(F)F)C2=O)cc1Cl. The van der Waals surface area contributed by atoms with E-state index in [0.29, 0.717) is 10.5 Å². The maximum Gasteiger partial charge on any atom is 0.416 e. The number of alkyl halides is 9. The minimum Gasteiger partial charge on any atom is -0.460 e. The van der Waals surface area contributed by atoms with Gasteiger partial charge in [0.05, 0.1) is 11.1 Å². The number of carbonyl (C=O) groups excluding carboxylic acids is 2. The molecule has 0 bridgehead atoms. The fourth-order valence-electron chi connectivity index (χ4n) is 4.40. The van der Waals surface area contributed by atoms with Gasteiger partial charge in [-0.15, -0.1) is 0 Å². The fraction of sp³-hybridized carbons (Fsp3) is 0.462. The molecule has 0 spiro atoms. The van der Waals surface area contributed by atoms with E-state index in [1.807, 2.05) is 0 Å². The maximum absolute atomic E-state index is 14.5. The number of esters is 1. The van der Waals surface area contributed by atoms with Gasteiger partial charge in [-0.1, -0.05) is 17.7 Å². The number of ether oxygens (including phenoxy) is 1. The summed E-state index contributed by atoms with van der Waals surface area (Å²) < 4.78 is 129. The molecule has 1 aliphatic rings. The van der Waals surface area contributed by atoms with Gasteiger partial charge in [0.1, 0.15) is 5.60 Å². The smallest absolute Gasteiger partial charge is 0.416 e. The van der Waals surface area contributed by atoms with Crippen molar-refractivity contribution in [2.75, 3.05) is 11.4 Å². The molecule has 14 heteroatoms. The van der Waals surface area contributed by atoms with Crippen LogP contribution in [0.15, 0.2) is 36.4 Å². The van der Waals surface area contributed by atoms with Crippen LogP contribution in [0.2, 0.25) is 5.02 Å². The third kappa shape index (κ3) is 6.50. The molecule has 1 heterocycles. The Balaban J connectivity index is 2.00. The van der Waals surface area contributed by atoms with Crippen molar-refractivity contribution in [3.8, 4) is 0 Å². The highest BCUT2D eigenvalue weighted by Crippen LogP contribution is 2.51. The van der Waals surface area contributed by atoms with E-state index < -0.39 is 71.1 Å². The summed E-state index contributed by atoms with van der Waals surface area (Å²) in [5, 5.41) is -0.0169. The number of aryl methyl sites for hydroxylation is 1. The molecule has 1 amide bonds. The summed E-state index contributed by atoms with van der Waals surface area (Å²) in [5.41, 5.74) is -9.55. The molecule has 40 heavy (non-hydrogen) atoms. The van der Waals surface area contributed by atoms with Crippen LogP contribution in [0.3, 0.4) is 0 Å². The lowest BCUT2D eigenvalue weighted by Crippen LogP contribution is -2.49. The van der Waals surface area contributed by atoms with E-state index in [2.05, 4.69) is 0 Å². The quantitative estimate of drug-likeness (QED) is 0.258. The zero-order valence-electron chi connectivity index (χ0n) is 21.2. The van der Waals surface area contributed by atoms with Gasteiger partial charge in [-0.05, 0) is 75.1 Å². The molecule has 0 saturated carbocycles. The number of amides is 1. The summed E-state index contributed by atoms with van der Waals surface area (Å²) in [6.45, 7) is 4.35. The van der Waals surface area contributed by atoms with Crippen molar-refractivity contribution in [1.29, 1.82) is 0 Å². The van der Waals surface area contributed by atoms with Crippen molar-refractivity contribution in [3.05, 3.63) is 63.7 Å². The van der Waals surface area contributed by atoms with Gasteiger partial charge in [-0.2, -0.15) is 39.5 Å². The maximum atomic E-state index is 14.5. The standard InChI is InChI=1S/C26H23ClF9NO3/c1-22(2,3)40-20(38)7-5-14-4-6-18(13-19(14)27)37-9-8-23(21(37)39,26(34,35)36)15-10-16(24(28,29)30)12-17(11-15)25(31,32)33/h4,6,10-13H,5,7-9H2,1-3H3. The van der Waals surface area contributed by atoms with Crippen molar-refractivity contribution in [1.82, 2.24) is 0 Å². The molecule has 1 saturated heterocycles. The molecule has 2 aromatic rings. The van der Waals surface area contributed by atoms with Crippen molar-refractivity contribution >= 4 is 29.2 Å². The van der Waals surface area contributed by atoms with Gasteiger partial charge >= 0.3 is 24.5 Å². The molecule has 0 radical (unpaired) electrons. The number of halogens is 10. The number of benzene rings is 2. The Morgan fingerprint density at radius 3 is 1.93 bits per heavy atom. The topological polar surface area (TPSA) is 46.6 Å². The molecule has 1 atom stereocenters. The van der Waals surface area contributed by atoms with Crippen LogP contribution in [0.25, 0.3) is 0 Å². The van der Waals surface area contributed by atoms with Crippen LogP contribution in [0.4, 0.5) is 45.2 Å². The molecule has 220 valence electrons. The predicted octanol–water partition coefficient (Wildman–Crippen LogP) is 7.89. The van der Waals surface area contributed by atoms with E-state index in [1.54, 1.807) is 20.8 Å². The molecule has 1 unspecified atom stereocenters. The average molecular weight is 604 g/mol. The Morgan fingerprint density at radius 2 is 1.48 bits per heavy atom. The Hall–Kier alpha value is -2.96. The van der Waals surface area contributed by atoms with Crippen molar-refractivity contribution < 1.29 is 53.8 Å². The number of carbonyl (C=O) groups is 2. The second-order valence-electron chi connectivity index (χ2n) is 10.3. The summed E-state index contributed by atoms with van der Waals surface area (Å²) in [4.78, 5) is 25.9. The highest BCUT2D eigenvalue weighted by atomic mass is 35.5. The van der Waals surface area contributed by atoms with Crippen molar-refractivity contribution in [3.63, 3.8) is 0 Å². The van der Waals surface area contributed by atoms with Crippen LogP contribution in [-0.2, 0) is 38.5 Å². The Labute approximate surface area is 228 Å². The van der Waals surface area contributed by atoms with Crippen LogP contribution in [-0.4, -0.2) is 30.2 Å². The van der Waals surface area contributed by atoms with Crippen LogP contribution in [0.5, 0.6) is 0 Å². The monoisotopic (exact) mass is 603 g/mol. The first-order valence-corrected chi connectivity index (χ1v) is 12.1. The van der Waals surface area contributed by atoms with Gasteiger partial charge < -0.3 is 9.64 Å². The molecule has 3 rings (SSSR count). The second-order valence-corrected chi connectivity index (χ2v) is 10.7. The first-order chi connectivity index (χ1) is 18.1. The van der Waals surface area contributed by atoms with E-state index in [-0.39, 0.29) is 41.8 Å². The third-order valence-corrected chi connectivity index (χ3v) is 6.60. The lowest BCUT2D eigenvalue weighted by molar-refractivity contribution is -0.191. The fourth-order valence-corrected chi connectivity index (χ4v) is 4.67. The normalized spacial score (nSPS) is 18.8. The van der Waals surface area contributed by atoms with E-state index in [4.69, 9.17) is 16.3 Å². The lowest BCUT2D eigenvalue weighted by atomic mass is 9.77. The minimum atomic E-state index is -5.54. The number of hydrogen-bond acceptors (Lipinski definition) is 3. The summed E-state index contributed by atoms with van der Waals surface area (Å²) in [7, 11) is 0. The van der Waals surface area contributed by atoms with E-state index >= 15 is 0 Å². The van der Waals surface area contributed by atoms with E-state index in [9.17, 15) is 49.1 Å². The highest BCUT2D eigenvalue weighted by Gasteiger charge is 2.66. The average Bonchev–Trinajstić information content (AvgIpc) is 3.13. The first kappa shape index (κ1) is 31.6. The number of hydrogen-bond donors (Lipinski definition) is 0. The zero-order chi connectivity index (χ0) is 30.5. The molecular weight excluding hydrogens is 581 g/mol. The predicted molar refractivity (Wildman–Crippen MR) is 127 cm³/mol. The molecule has 0 aliphatic carbocycles. The zero-order valence-corrected chi connectivity index (χ0v) is 22.0. The number of nitrogens with zero attached hydrogens (tertiary/aromatic N) is 1. The largest absolute Gasteiger partial charge is 0.460 e.